The average Bonchev–Trinajstić information content (AvgIpc) is 3.72. The minimum Gasteiger partial charge on any atom is -0.313 e. The van der Waals surface area contributed by atoms with Crippen LogP contribution in [0.3, 0.4) is 0 Å². The standard InChI is InChI=1S/C48H40N2.C2H6/c1-2-3-4-7-14-34-21-28-42-44-33-38(25-30-47(44)50(48(42)31-34)40-26-22-36(23-27-40)35-15-8-5-9-16-35)37-24-29-46-43(32-37)41-19-12-13-20-45(41)49(46)39-17-10-6-11-18-39;1-2/h4-13,15-23,25-28,30-33H,2-3,14,24,29H2,1H3;1-2H3/b7-4-;. The Kier molecular flexibility index (Phi) is 9.46. The van der Waals surface area contributed by atoms with E-state index in [1.165, 1.54) is 89.6 Å². The molecule has 2 heterocycles. The fourth-order valence-corrected chi connectivity index (χ4v) is 7.93. The molecule has 1 aliphatic carbocycles. The van der Waals surface area contributed by atoms with Crippen molar-refractivity contribution < 1.29 is 0 Å². The lowest BCUT2D eigenvalue weighted by atomic mass is 9.90. The second kappa shape index (κ2) is 14.8. The molecule has 52 heavy (non-hydrogen) atoms. The molecule has 0 radical (unpaired) electrons. The van der Waals surface area contributed by atoms with E-state index in [0.717, 1.165) is 25.7 Å². The van der Waals surface area contributed by atoms with Gasteiger partial charge in [0, 0.05) is 38.8 Å². The van der Waals surface area contributed by atoms with Gasteiger partial charge in [-0.15, -0.1) is 0 Å². The molecule has 0 fully saturated rings. The molecule has 2 heteroatoms. The predicted molar refractivity (Wildman–Crippen MR) is 225 cm³/mol. The molecule has 0 amide bonds. The Morgan fingerprint density at radius 3 is 1.98 bits per heavy atom. The van der Waals surface area contributed by atoms with Crippen LogP contribution in [-0.4, -0.2) is 9.13 Å². The van der Waals surface area contributed by atoms with Crippen LogP contribution in [0, 0.1) is 0 Å². The SMILES string of the molecule is CC.CCC/C=C\Cc1ccc2c3cc(C4=Cc5c(n(-c6ccccc6)c6ccccc56)CC4)ccc3n(-c3ccc(-c4ccccc4)cc3)c2c1. The van der Waals surface area contributed by atoms with Crippen LogP contribution >= 0.6 is 0 Å². The van der Waals surface area contributed by atoms with Crippen LogP contribution in [0.1, 0.15) is 62.4 Å². The molecular formula is C50H46N2. The Morgan fingerprint density at radius 2 is 1.19 bits per heavy atom. The summed E-state index contributed by atoms with van der Waals surface area (Å²) in [7, 11) is 0. The lowest BCUT2D eigenvalue weighted by Crippen LogP contribution is -2.05. The number of hydrogen-bond donors (Lipinski definition) is 0. The van der Waals surface area contributed by atoms with Crippen molar-refractivity contribution in [2.45, 2.75) is 52.9 Å². The number of para-hydroxylation sites is 2. The molecule has 0 N–H and O–H groups in total. The zero-order valence-corrected chi connectivity index (χ0v) is 30.5. The molecule has 8 aromatic rings. The normalized spacial score (nSPS) is 12.6. The highest BCUT2D eigenvalue weighted by Crippen LogP contribution is 2.41. The van der Waals surface area contributed by atoms with E-state index in [4.69, 9.17) is 0 Å². The summed E-state index contributed by atoms with van der Waals surface area (Å²) in [6, 6.07) is 53.6. The summed E-state index contributed by atoms with van der Waals surface area (Å²) < 4.78 is 4.93. The molecule has 0 saturated heterocycles. The molecule has 0 saturated carbocycles. The zero-order valence-electron chi connectivity index (χ0n) is 30.5. The van der Waals surface area contributed by atoms with E-state index in [-0.39, 0.29) is 0 Å². The van der Waals surface area contributed by atoms with Gasteiger partial charge in [0.1, 0.15) is 0 Å². The van der Waals surface area contributed by atoms with E-state index in [9.17, 15) is 0 Å². The maximum Gasteiger partial charge on any atom is 0.0543 e. The Bertz CT molecular complexity index is 2540. The highest BCUT2D eigenvalue weighted by molar-refractivity contribution is 6.11. The molecule has 0 spiro atoms. The van der Waals surface area contributed by atoms with Gasteiger partial charge in [0.15, 0.2) is 0 Å². The van der Waals surface area contributed by atoms with Gasteiger partial charge >= 0.3 is 0 Å². The Labute approximate surface area is 308 Å². The number of fused-ring (bicyclic) bond motifs is 6. The van der Waals surface area contributed by atoms with Crippen LogP contribution in [0.4, 0.5) is 0 Å². The third-order valence-corrected chi connectivity index (χ3v) is 10.4. The van der Waals surface area contributed by atoms with E-state index >= 15 is 0 Å². The number of rotatable bonds is 8. The highest BCUT2D eigenvalue weighted by Gasteiger charge is 2.22. The first kappa shape index (κ1) is 33.3. The van der Waals surface area contributed by atoms with Crippen molar-refractivity contribution in [1.29, 1.82) is 0 Å². The van der Waals surface area contributed by atoms with Crippen molar-refractivity contribution in [3.8, 4) is 22.5 Å². The topological polar surface area (TPSA) is 9.86 Å². The first-order valence-corrected chi connectivity index (χ1v) is 19.0. The summed E-state index contributed by atoms with van der Waals surface area (Å²) in [5.41, 5.74) is 15.5. The molecule has 256 valence electrons. The van der Waals surface area contributed by atoms with E-state index in [1.54, 1.807) is 0 Å². The summed E-state index contributed by atoms with van der Waals surface area (Å²) in [6.07, 6.45) is 12.4. The average molecular weight is 675 g/mol. The van der Waals surface area contributed by atoms with Gasteiger partial charge in [0.2, 0.25) is 0 Å². The summed E-state index contributed by atoms with van der Waals surface area (Å²) in [6.45, 7) is 6.23. The number of benzene rings is 6. The van der Waals surface area contributed by atoms with E-state index in [2.05, 4.69) is 180 Å². The minimum absolute atomic E-state index is 0.946. The molecule has 0 bridgehead atoms. The first-order valence-electron chi connectivity index (χ1n) is 19.0. The summed E-state index contributed by atoms with van der Waals surface area (Å²) >= 11 is 0. The Morgan fingerprint density at radius 1 is 0.519 bits per heavy atom. The minimum atomic E-state index is 0.946. The van der Waals surface area contributed by atoms with Gasteiger partial charge in [0.25, 0.3) is 0 Å². The van der Waals surface area contributed by atoms with Gasteiger partial charge in [-0.3, -0.25) is 0 Å². The molecule has 1 aliphatic rings. The van der Waals surface area contributed by atoms with E-state index < -0.39 is 0 Å². The number of nitrogens with zero attached hydrogens (tertiary/aromatic N) is 2. The van der Waals surface area contributed by atoms with Crippen LogP contribution < -0.4 is 0 Å². The number of allylic oxidation sites excluding steroid dienone is 3. The largest absolute Gasteiger partial charge is 0.313 e. The summed E-state index contributed by atoms with van der Waals surface area (Å²) in [5.74, 6) is 0. The zero-order chi connectivity index (χ0) is 35.4. The smallest absolute Gasteiger partial charge is 0.0543 e. The van der Waals surface area contributed by atoms with Crippen molar-refractivity contribution in [2.24, 2.45) is 0 Å². The van der Waals surface area contributed by atoms with Gasteiger partial charge < -0.3 is 9.13 Å². The van der Waals surface area contributed by atoms with Gasteiger partial charge in [-0.05, 0) is 108 Å². The fraction of sp³-hybridized carbons (Fsp3) is 0.160. The third kappa shape index (κ3) is 6.09. The fourth-order valence-electron chi connectivity index (χ4n) is 7.93. The van der Waals surface area contributed by atoms with Crippen molar-refractivity contribution in [3.05, 3.63) is 180 Å². The van der Waals surface area contributed by atoms with Gasteiger partial charge in [-0.25, -0.2) is 0 Å². The third-order valence-electron chi connectivity index (χ3n) is 10.4. The summed E-state index contributed by atoms with van der Waals surface area (Å²) in [5, 5.41) is 3.92. The first-order chi connectivity index (χ1) is 25.8. The number of hydrogen-bond acceptors (Lipinski definition) is 0. The van der Waals surface area contributed by atoms with Gasteiger partial charge in [-0.1, -0.05) is 136 Å². The van der Waals surface area contributed by atoms with Crippen molar-refractivity contribution >= 4 is 44.4 Å². The molecular weight excluding hydrogens is 629 g/mol. The highest BCUT2D eigenvalue weighted by atomic mass is 15.0. The van der Waals surface area contributed by atoms with Crippen LogP contribution in [0.25, 0.3) is 66.9 Å². The molecule has 0 aliphatic heterocycles. The summed E-state index contributed by atoms with van der Waals surface area (Å²) in [4.78, 5) is 0. The van der Waals surface area contributed by atoms with Crippen molar-refractivity contribution in [3.63, 3.8) is 0 Å². The Hall–Kier alpha value is -5.86. The lowest BCUT2D eigenvalue weighted by molar-refractivity contribution is 0.898. The quantitative estimate of drug-likeness (QED) is 0.142. The number of aromatic nitrogens is 2. The van der Waals surface area contributed by atoms with Crippen LogP contribution in [0.2, 0.25) is 0 Å². The molecule has 2 aromatic heterocycles. The monoisotopic (exact) mass is 674 g/mol. The van der Waals surface area contributed by atoms with Crippen molar-refractivity contribution in [1.82, 2.24) is 9.13 Å². The van der Waals surface area contributed by atoms with Crippen LogP contribution in [-0.2, 0) is 12.8 Å². The lowest BCUT2D eigenvalue weighted by Gasteiger charge is -2.18. The predicted octanol–water partition coefficient (Wildman–Crippen LogP) is 13.8. The van der Waals surface area contributed by atoms with Gasteiger partial charge in [0.05, 0.1) is 16.6 Å². The van der Waals surface area contributed by atoms with Crippen LogP contribution in [0.5, 0.6) is 0 Å². The molecule has 2 nitrogen and oxygen atoms in total. The molecule has 0 atom stereocenters. The molecule has 6 aromatic carbocycles. The second-order valence-corrected chi connectivity index (χ2v) is 13.5. The second-order valence-electron chi connectivity index (χ2n) is 13.5. The van der Waals surface area contributed by atoms with Crippen molar-refractivity contribution in [2.75, 3.05) is 0 Å². The van der Waals surface area contributed by atoms with Crippen LogP contribution in [0.15, 0.2) is 158 Å². The maximum absolute atomic E-state index is 2.47. The maximum atomic E-state index is 2.47. The molecule has 0 unspecified atom stereocenters. The Balaban J connectivity index is 0.00000190. The van der Waals surface area contributed by atoms with Gasteiger partial charge in [-0.2, -0.15) is 0 Å². The molecule has 9 rings (SSSR count). The van der Waals surface area contributed by atoms with E-state index in [1.807, 2.05) is 13.8 Å². The number of unbranched alkanes of at least 4 members (excludes halogenated alkanes) is 1. The van der Waals surface area contributed by atoms with E-state index in [0.29, 0.717) is 0 Å².